The van der Waals surface area contributed by atoms with Gasteiger partial charge in [-0.25, -0.2) is 0 Å². The lowest BCUT2D eigenvalue weighted by Crippen LogP contribution is -2.27. The van der Waals surface area contributed by atoms with E-state index in [1.165, 1.54) is 0 Å². The maximum absolute atomic E-state index is 12.7. The number of fused-ring (bicyclic) bond motifs is 1. The van der Waals surface area contributed by atoms with Crippen LogP contribution in [0.2, 0.25) is 0 Å². The molecule has 2 aromatic carbocycles. The van der Waals surface area contributed by atoms with E-state index in [9.17, 15) is 9.59 Å². The van der Waals surface area contributed by atoms with Gasteiger partial charge in [0.1, 0.15) is 5.52 Å². The van der Waals surface area contributed by atoms with Crippen molar-refractivity contribution in [1.82, 2.24) is 4.98 Å². The minimum Gasteiger partial charge on any atom is -0.424 e. The molecule has 1 aliphatic heterocycles. The molecule has 0 N–H and O–H groups in total. The fourth-order valence-electron chi connectivity index (χ4n) is 3.57. The molecular weight excluding hydrogens is 340 g/mol. The van der Waals surface area contributed by atoms with Gasteiger partial charge in [0.25, 0.3) is 0 Å². The number of carbonyl (C=O) groups excluding carboxylic acids is 2. The number of para-hydroxylation sites is 1. The Morgan fingerprint density at radius 2 is 1.85 bits per heavy atom. The van der Waals surface area contributed by atoms with E-state index < -0.39 is 11.9 Å². The van der Waals surface area contributed by atoms with Gasteiger partial charge in [0.15, 0.2) is 5.75 Å². The SMILES string of the molecule is Cc1cc(C)cc(N2C[C@@H](C(=O)Oc3cccc4cccnc34)CC2=O)c1. The molecule has 0 radical (unpaired) electrons. The minimum atomic E-state index is -0.489. The van der Waals surface area contributed by atoms with Crippen LogP contribution in [0.25, 0.3) is 10.9 Å². The molecule has 0 spiro atoms. The second kappa shape index (κ2) is 6.83. The quantitative estimate of drug-likeness (QED) is 0.526. The first-order valence-electron chi connectivity index (χ1n) is 8.95. The van der Waals surface area contributed by atoms with Crippen molar-refractivity contribution < 1.29 is 14.3 Å². The molecule has 2 heterocycles. The predicted molar refractivity (Wildman–Crippen MR) is 104 cm³/mol. The van der Waals surface area contributed by atoms with E-state index in [0.29, 0.717) is 17.8 Å². The average Bonchev–Trinajstić information content (AvgIpc) is 3.03. The number of hydrogen-bond acceptors (Lipinski definition) is 4. The lowest BCUT2D eigenvalue weighted by molar-refractivity contribution is -0.139. The second-order valence-electron chi connectivity index (χ2n) is 7.00. The Bertz CT molecular complexity index is 1020. The van der Waals surface area contributed by atoms with E-state index >= 15 is 0 Å². The average molecular weight is 360 g/mol. The molecule has 5 nitrogen and oxygen atoms in total. The largest absolute Gasteiger partial charge is 0.424 e. The van der Waals surface area contributed by atoms with E-state index in [2.05, 4.69) is 11.1 Å². The second-order valence-corrected chi connectivity index (χ2v) is 7.00. The summed E-state index contributed by atoms with van der Waals surface area (Å²) in [6.45, 7) is 4.32. The maximum atomic E-state index is 12.7. The number of nitrogens with zero attached hydrogens (tertiary/aromatic N) is 2. The molecule has 0 unspecified atom stereocenters. The number of hydrogen-bond donors (Lipinski definition) is 0. The summed E-state index contributed by atoms with van der Waals surface area (Å²) in [6.07, 6.45) is 1.82. The highest BCUT2D eigenvalue weighted by atomic mass is 16.5. The topological polar surface area (TPSA) is 59.5 Å². The van der Waals surface area contributed by atoms with Crippen molar-refractivity contribution in [3.63, 3.8) is 0 Å². The fourth-order valence-corrected chi connectivity index (χ4v) is 3.57. The van der Waals surface area contributed by atoms with E-state index in [-0.39, 0.29) is 12.3 Å². The molecule has 1 atom stereocenters. The lowest BCUT2D eigenvalue weighted by Gasteiger charge is -2.18. The van der Waals surface area contributed by atoms with Gasteiger partial charge in [-0.15, -0.1) is 0 Å². The Kier molecular flexibility index (Phi) is 4.36. The molecule has 5 heteroatoms. The third kappa shape index (κ3) is 3.40. The van der Waals surface area contributed by atoms with Gasteiger partial charge in [-0.05, 0) is 49.2 Å². The zero-order chi connectivity index (χ0) is 19.0. The number of pyridine rings is 1. The van der Waals surface area contributed by atoms with Crippen LogP contribution in [0.15, 0.2) is 54.7 Å². The van der Waals surface area contributed by atoms with Crippen molar-refractivity contribution in [1.29, 1.82) is 0 Å². The number of esters is 1. The van der Waals surface area contributed by atoms with Crippen LogP contribution in [0.1, 0.15) is 17.5 Å². The van der Waals surface area contributed by atoms with Crippen molar-refractivity contribution in [3.8, 4) is 5.75 Å². The molecule has 27 heavy (non-hydrogen) atoms. The Morgan fingerprint density at radius 1 is 1.11 bits per heavy atom. The summed E-state index contributed by atoms with van der Waals surface area (Å²) in [4.78, 5) is 31.1. The summed E-state index contributed by atoms with van der Waals surface area (Å²) in [5.74, 6) is -0.515. The summed E-state index contributed by atoms with van der Waals surface area (Å²) in [5.41, 5.74) is 3.65. The van der Waals surface area contributed by atoms with Crippen LogP contribution in [0.5, 0.6) is 5.75 Å². The van der Waals surface area contributed by atoms with Gasteiger partial charge in [0, 0.05) is 30.2 Å². The molecular formula is C22H20N2O3. The highest BCUT2D eigenvalue weighted by Crippen LogP contribution is 2.29. The van der Waals surface area contributed by atoms with Crippen LogP contribution in [-0.4, -0.2) is 23.4 Å². The Hall–Kier alpha value is -3.21. The summed E-state index contributed by atoms with van der Waals surface area (Å²) >= 11 is 0. The molecule has 3 aromatic rings. The summed E-state index contributed by atoms with van der Waals surface area (Å²) in [7, 11) is 0. The fraction of sp³-hybridized carbons (Fsp3) is 0.227. The number of ether oxygens (including phenoxy) is 1. The van der Waals surface area contributed by atoms with Gasteiger partial charge >= 0.3 is 5.97 Å². The number of aromatic nitrogens is 1. The molecule has 0 saturated carbocycles. The molecule has 1 amide bonds. The number of amides is 1. The molecule has 1 aliphatic rings. The van der Waals surface area contributed by atoms with Crippen LogP contribution in [-0.2, 0) is 9.59 Å². The standard InChI is InChI=1S/C22H20N2O3/c1-14-9-15(2)11-18(10-14)24-13-17(12-20(24)25)22(26)27-19-7-3-5-16-6-4-8-23-21(16)19/h3-11,17H,12-13H2,1-2H3/t17-/m0/s1. The normalized spacial score (nSPS) is 16.7. The highest BCUT2D eigenvalue weighted by molar-refractivity contribution is 6.00. The van der Waals surface area contributed by atoms with Crippen molar-refractivity contribution in [2.45, 2.75) is 20.3 Å². The highest BCUT2D eigenvalue weighted by Gasteiger charge is 2.36. The first kappa shape index (κ1) is 17.2. The molecule has 1 aromatic heterocycles. The van der Waals surface area contributed by atoms with Gasteiger partial charge in [-0.1, -0.05) is 24.3 Å². The number of rotatable bonds is 3. The first-order valence-corrected chi connectivity index (χ1v) is 8.95. The van der Waals surface area contributed by atoms with Crippen LogP contribution >= 0.6 is 0 Å². The zero-order valence-corrected chi connectivity index (χ0v) is 15.3. The lowest BCUT2D eigenvalue weighted by atomic mass is 10.1. The van der Waals surface area contributed by atoms with Gasteiger partial charge in [-0.2, -0.15) is 0 Å². The molecule has 136 valence electrons. The Balaban J connectivity index is 1.54. The first-order chi connectivity index (χ1) is 13.0. The third-order valence-electron chi connectivity index (χ3n) is 4.78. The third-order valence-corrected chi connectivity index (χ3v) is 4.78. The minimum absolute atomic E-state index is 0.0574. The van der Waals surface area contributed by atoms with E-state index in [4.69, 9.17) is 4.74 Å². The van der Waals surface area contributed by atoms with Crippen molar-refractivity contribution in [2.75, 3.05) is 11.4 Å². The van der Waals surface area contributed by atoms with Crippen molar-refractivity contribution in [3.05, 3.63) is 65.9 Å². The van der Waals surface area contributed by atoms with Crippen LogP contribution in [0.4, 0.5) is 5.69 Å². The number of anilines is 1. The van der Waals surface area contributed by atoms with Crippen molar-refractivity contribution in [2.24, 2.45) is 5.92 Å². The Morgan fingerprint density at radius 3 is 2.63 bits per heavy atom. The molecule has 0 bridgehead atoms. The molecule has 1 fully saturated rings. The van der Waals surface area contributed by atoms with E-state index in [1.807, 2.05) is 50.2 Å². The molecule has 0 aliphatic carbocycles. The summed E-state index contributed by atoms with van der Waals surface area (Å²) < 4.78 is 5.61. The van der Waals surface area contributed by atoms with Gasteiger partial charge in [-0.3, -0.25) is 14.6 Å². The van der Waals surface area contributed by atoms with E-state index in [1.54, 1.807) is 17.2 Å². The molecule has 1 saturated heterocycles. The number of carbonyl (C=O) groups is 2. The monoisotopic (exact) mass is 360 g/mol. The van der Waals surface area contributed by atoms with Crippen LogP contribution < -0.4 is 9.64 Å². The maximum Gasteiger partial charge on any atom is 0.316 e. The zero-order valence-electron chi connectivity index (χ0n) is 15.3. The summed E-state index contributed by atoms with van der Waals surface area (Å²) in [6, 6.07) is 15.2. The van der Waals surface area contributed by atoms with Crippen LogP contribution in [0.3, 0.4) is 0 Å². The summed E-state index contributed by atoms with van der Waals surface area (Å²) in [5, 5.41) is 0.905. The van der Waals surface area contributed by atoms with E-state index in [0.717, 1.165) is 22.2 Å². The van der Waals surface area contributed by atoms with Crippen molar-refractivity contribution >= 4 is 28.5 Å². The Labute approximate surface area is 157 Å². The van der Waals surface area contributed by atoms with Gasteiger partial charge in [0.05, 0.1) is 5.92 Å². The van der Waals surface area contributed by atoms with Gasteiger partial charge < -0.3 is 9.64 Å². The van der Waals surface area contributed by atoms with Crippen LogP contribution in [0, 0.1) is 19.8 Å². The van der Waals surface area contributed by atoms with Gasteiger partial charge in [0.2, 0.25) is 5.91 Å². The smallest absolute Gasteiger partial charge is 0.316 e. The number of aryl methyl sites for hydroxylation is 2. The predicted octanol–water partition coefficient (Wildman–Crippen LogP) is 3.81. The molecule has 4 rings (SSSR count). The number of benzene rings is 2.